The summed E-state index contributed by atoms with van der Waals surface area (Å²) < 4.78 is 4.64. The third-order valence-corrected chi connectivity index (χ3v) is 2.11. The van der Waals surface area contributed by atoms with Crippen LogP contribution in [0.2, 0.25) is 0 Å². The second-order valence-electron chi connectivity index (χ2n) is 3.67. The Morgan fingerprint density at radius 3 is 2.00 bits per heavy atom. The summed E-state index contributed by atoms with van der Waals surface area (Å²) in [5, 5.41) is 0. The lowest BCUT2D eigenvalue weighted by Crippen LogP contribution is -2.09. The number of hydrogen-bond donors (Lipinski definition) is 0. The molecule has 0 fully saturated rings. The number of esters is 1. The van der Waals surface area contributed by atoms with Crippen LogP contribution in [0.1, 0.15) is 33.6 Å². The number of ether oxygens (including phenoxy) is 1. The van der Waals surface area contributed by atoms with Crippen molar-refractivity contribution in [3.63, 3.8) is 0 Å². The molecular formula is C12H18O3. The third kappa shape index (κ3) is 4.58. The van der Waals surface area contributed by atoms with Gasteiger partial charge in [-0.05, 0) is 32.8 Å². The van der Waals surface area contributed by atoms with Crippen LogP contribution in [-0.4, -0.2) is 18.9 Å². The Balaban J connectivity index is 4.48. The van der Waals surface area contributed by atoms with Crippen molar-refractivity contribution in [3.8, 4) is 0 Å². The molecule has 0 spiro atoms. The van der Waals surface area contributed by atoms with E-state index in [4.69, 9.17) is 0 Å². The predicted molar refractivity (Wildman–Crippen MR) is 59.4 cm³/mol. The average Bonchev–Trinajstić information content (AvgIpc) is 2.16. The summed E-state index contributed by atoms with van der Waals surface area (Å²) in [4.78, 5) is 22.6. The topological polar surface area (TPSA) is 43.4 Å². The number of carbonyl (C=O) groups excluding carboxylic acids is 2. The van der Waals surface area contributed by atoms with E-state index in [1.54, 1.807) is 6.92 Å². The van der Waals surface area contributed by atoms with Gasteiger partial charge in [0.25, 0.3) is 0 Å². The van der Waals surface area contributed by atoms with Crippen LogP contribution in [-0.2, 0) is 14.3 Å². The second-order valence-corrected chi connectivity index (χ2v) is 3.67. The Morgan fingerprint density at radius 1 is 1.13 bits per heavy atom. The lowest BCUT2D eigenvalue weighted by atomic mass is 10.0. The fourth-order valence-electron chi connectivity index (χ4n) is 1.13. The van der Waals surface area contributed by atoms with Gasteiger partial charge in [-0.1, -0.05) is 12.2 Å². The Morgan fingerprint density at radius 2 is 1.67 bits per heavy atom. The maximum atomic E-state index is 11.3. The smallest absolute Gasteiger partial charge is 0.333 e. The van der Waals surface area contributed by atoms with Gasteiger partial charge in [-0.15, -0.1) is 0 Å². The van der Waals surface area contributed by atoms with Gasteiger partial charge < -0.3 is 4.74 Å². The first-order chi connectivity index (χ1) is 6.90. The van der Waals surface area contributed by atoms with Gasteiger partial charge in [0.2, 0.25) is 0 Å². The van der Waals surface area contributed by atoms with Crippen LogP contribution in [0.25, 0.3) is 0 Å². The fourth-order valence-corrected chi connectivity index (χ4v) is 1.13. The summed E-state index contributed by atoms with van der Waals surface area (Å²) in [6.45, 7) is 8.89. The van der Waals surface area contributed by atoms with E-state index in [9.17, 15) is 9.59 Å². The van der Waals surface area contributed by atoms with Gasteiger partial charge >= 0.3 is 5.97 Å². The number of hydrogen-bond acceptors (Lipinski definition) is 3. The predicted octanol–water partition coefficient (Wildman–Crippen LogP) is 2.42. The zero-order chi connectivity index (χ0) is 12.0. The normalized spacial score (nSPS) is 9.33. The Hall–Kier alpha value is -1.38. The molecule has 84 valence electrons. The standard InChI is InChI=1S/C12H18O3/c1-8(2)10(12(14)15-5)6-7-11(13)9(3)4/h3,6-7H2,1-2,4-5H3. The summed E-state index contributed by atoms with van der Waals surface area (Å²) in [5.41, 5.74) is 1.98. The molecule has 3 heteroatoms. The van der Waals surface area contributed by atoms with Crippen molar-refractivity contribution in [2.45, 2.75) is 33.6 Å². The van der Waals surface area contributed by atoms with Crippen molar-refractivity contribution in [2.24, 2.45) is 0 Å². The molecule has 0 aromatic rings. The molecule has 0 aliphatic heterocycles. The molecule has 0 saturated carbocycles. The van der Waals surface area contributed by atoms with Gasteiger partial charge in [-0.2, -0.15) is 0 Å². The van der Waals surface area contributed by atoms with Crippen molar-refractivity contribution >= 4 is 11.8 Å². The summed E-state index contributed by atoms with van der Waals surface area (Å²) in [5.74, 6) is -0.373. The molecule has 0 aromatic heterocycles. The summed E-state index contributed by atoms with van der Waals surface area (Å²) in [6, 6.07) is 0. The van der Waals surface area contributed by atoms with E-state index >= 15 is 0 Å². The van der Waals surface area contributed by atoms with E-state index in [0.29, 0.717) is 24.0 Å². The highest BCUT2D eigenvalue weighted by Gasteiger charge is 2.13. The molecule has 0 bridgehead atoms. The summed E-state index contributed by atoms with van der Waals surface area (Å²) >= 11 is 0. The van der Waals surface area contributed by atoms with Crippen LogP contribution in [0, 0.1) is 0 Å². The van der Waals surface area contributed by atoms with Crippen molar-refractivity contribution in [1.29, 1.82) is 0 Å². The maximum absolute atomic E-state index is 11.3. The quantitative estimate of drug-likeness (QED) is 0.517. The molecule has 0 unspecified atom stereocenters. The molecule has 0 radical (unpaired) electrons. The molecule has 0 aliphatic rings. The van der Waals surface area contributed by atoms with E-state index < -0.39 is 0 Å². The number of carbonyl (C=O) groups is 2. The van der Waals surface area contributed by atoms with E-state index in [-0.39, 0.29) is 11.8 Å². The Labute approximate surface area is 90.8 Å². The first-order valence-electron chi connectivity index (χ1n) is 4.83. The third-order valence-electron chi connectivity index (χ3n) is 2.11. The first kappa shape index (κ1) is 13.6. The monoisotopic (exact) mass is 210 g/mol. The van der Waals surface area contributed by atoms with Crippen molar-refractivity contribution in [2.75, 3.05) is 7.11 Å². The minimum Gasteiger partial charge on any atom is -0.466 e. The molecule has 3 nitrogen and oxygen atoms in total. The Kier molecular flexibility index (Phi) is 5.60. The number of methoxy groups -OCH3 is 1. The van der Waals surface area contributed by atoms with Crippen LogP contribution in [0.5, 0.6) is 0 Å². The molecule has 0 rings (SSSR count). The SMILES string of the molecule is C=C(C)C(=O)CCC(C(=O)OC)=C(C)C. The molecular weight excluding hydrogens is 192 g/mol. The van der Waals surface area contributed by atoms with E-state index in [0.717, 1.165) is 5.57 Å². The largest absolute Gasteiger partial charge is 0.466 e. The van der Waals surface area contributed by atoms with Crippen molar-refractivity contribution in [1.82, 2.24) is 0 Å². The first-order valence-corrected chi connectivity index (χ1v) is 4.83. The van der Waals surface area contributed by atoms with Crippen LogP contribution in [0.3, 0.4) is 0 Å². The lowest BCUT2D eigenvalue weighted by molar-refractivity contribution is -0.136. The molecule has 15 heavy (non-hydrogen) atoms. The lowest BCUT2D eigenvalue weighted by Gasteiger charge is -2.07. The van der Waals surface area contributed by atoms with E-state index in [1.165, 1.54) is 7.11 Å². The zero-order valence-corrected chi connectivity index (χ0v) is 9.85. The highest BCUT2D eigenvalue weighted by atomic mass is 16.5. The summed E-state index contributed by atoms with van der Waals surface area (Å²) in [7, 11) is 1.34. The molecule has 0 N–H and O–H groups in total. The van der Waals surface area contributed by atoms with Gasteiger partial charge in [-0.25, -0.2) is 4.79 Å². The number of allylic oxidation sites excluding steroid dienone is 2. The number of ketones is 1. The van der Waals surface area contributed by atoms with E-state index in [2.05, 4.69) is 11.3 Å². The Bertz CT molecular complexity index is 307. The zero-order valence-electron chi connectivity index (χ0n) is 9.85. The van der Waals surface area contributed by atoms with Gasteiger partial charge in [0, 0.05) is 12.0 Å². The summed E-state index contributed by atoms with van der Waals surface area (Å²) in [6.07, 6.45) is 0.728. The minimum absolute atomic E-state index is 0.0161. The van der Waals surface area contributed by atoms with Crippen LogP contribution in [0.4, 0.5) is 0 Å². The van der Waals surface area contributed by atoms with E-state index in [1.807, 2.05) is 13.8 Å². The van der Waals surface area contributed by atoms with Crippen molar-refractivity contribution in [3.05, 3.63) is 23.3 Å². The van der Waals surface area contributed by atoms with Crippen molar-refractivity contribution < 1.29 is 14.3 Å². The second kappa shape index (κ2) is 6.17. The molecule has 0 saturated heterocycles. The van der Waals surface area contributed by atoms with Crippen LogP contribution < -0.4 is 0 Å². The van der Waals surface area contributed by atoms with Gasteiger partial charge in [-0.3, -0.25) is 4.79 Å². The minimum atomic E-state index is -0.357. The molecule has 0 heterocycles. The van der Waals surface area contributed by atoms with Gasteiger partial charge in [0.1, 0.15) is 0 Å². The molecule has 0 aliphatic carbocycles. The molecule has 0 atom stereocenters. The molecule has 0 amide bonds. The number of Topliss-reactive ketones (excluding diaryl/α,β-unsaturated/α-hetero) is 1. The van der Waals surface area contributed by atoms with Gasteiger partial charge in [0.15, 0.2) is 5.78 Å². The van der Waals surface area contributed by atoms with Gasteiger partial charge in [0.05, 0.1) is 7.11 Å². The van der Waals surface area contributed by atoms with Crippen LogP contribution in [0.15, 0.2) is 23.3 Å². The maximum Gasteiger partial charge on any atom is 0.333 e. The molecule has 0 aromatic carbocycles. The highest BCUT2D eigenvalue weighted by Crippen LogP contribution is 2.14. The highest BCUT2D eigenvalue weighted by molar-refractivity contribution is 5.96. The van der Waals surface area contributed by atoms with Crippen LogP contribution >= 0.6 is 0 Å². The average molecular weight is 210 g/mol. The fraction of sp³-hybridized carbons (Fsp3) is 0.500. The number of rotatable bonds is 5.